The molecule has 0 radical (unpaired) electrons. The molecule has 1 aromatic rings. The Hall–Kier alpha value is -1.13. The van der Waals surface area contributed by atoms with Crippen LogP contribution in [0.5, 0.6) is 0 Å². The maximum Gasteiger partial charge on any atom is 0.128 e. The zero-order chi connectivity index (χ0) is 15.2. The number of halogens is 1. The average Bonchev–Trinajstić information content (AvgIpc) is 2.48. The lowest BCUT2D eigenvalue weighted by Gasteiger charge is -2.29. The fraction of sp³-hybridized carbons (Fsp3) is 0.647. The van der Waals surface area contributed by atoms with E-state index in [4.69, 9.17) is 4.74 Å². The van der Waals surface area contributed by atoms with E-state index in [0.717, 1.165) is 12.1 Å². The summed E-state index contributed by atoms with van der Waals surface area (Å²) in [4.78, 5) is 0. The van der Waals surface area contributed by atoms with Gasteiger partial charge >= 0.3 is 0 Å². The van der Waals surface area contributed by atoms with Gasteiger partial charge in [-0.15, -0.1) is 0 Å². The minimum atomic E-state index is -0.582. The Balaban J connectivity index is 1.74. The zero-order valence-electron chi connectivity index (χ0n) is 12.9. The van der Waals surface area contributed by atoms with E-state index >= 15 is 0 Å². The molecule has 2 rings (SSSR count). The Bertz CT molecular complexity index is 452. The van der Waals surface area contributed by atoms with Crippen LogP contribution in [0.3, 0.4) is 0 Å². The van der Waals surface area contributed by atoms with Gasteiger partial charge in [0.25, 0.3) is 0 Å². The third-order valence-corrected chi connectivity index (χ3v) is 4.33. The number of rotatable bonds is 6. The van der Waals surface area contributed by atoms with Crippen LogP contribution in [0.25, 0.3) is 0 Å². The second-order valence-electron chi connectivity index (χ2n) is 6.08. The van der Waals surface area contributed by atoms with Gasteiger partial charge in [-0.25, -0.2) is 4.39 Å². The molecule has 3 nitrogen and oxygen atoms in total. The van der Waals surface area contributed by atoms with Gasteiger partial charge in [-0.05, 0) is 37.8 Å². The number of hydrogen-bond acceptors (Lipinski definition) is 3. The molecule has 3 unspecified atom stereocenters. The van der Waals surface area contributed by atoms with E-state index in [1.165, 1.54) is 25.3 Å². The first-order valence-corrected chi connectivity index (χ1v) is 7.86. The zero-order valence-corrected chi connectivity index (χ0v) is 12.9. The lowest BCUT2D eigenvalue weighted by Crippen LogP contribution is -2.32. The topological polar surface area (TPSA) is 41.5 Å². The first-order valence-electron chi connectivity index (χ1n) is 7.86. The normalized spacial score (nSPS) is 23.8. The van der Waals surface area contributed by atoms with E-state index in [-0.39, 0.29) is 11.9 Å². The molecule has 4 heteroatoms. The number of aliphatic hydroxyl groups is 1. The van der Waals surface area contributed by atoms with Crippen LogP contribution in [-0.2, 0) is 4.74 Å². The van der Waals surface area contributed by atoms with Crippen LogP contribution in [-0.4, -0.2) is 30.5 Å². The molecule has 1 aliphatic rings. The Kier molecular flexibility index (Phi) is 6.00. The van der Waals surface area contributed by atoms with Gasteiger partial charge in [0.2, 0.25) is 0 Å². The molecule has 1 aromatic carbocycles. The standard InChI is InChI=1S/C17H26FNO2/c1-12-6-3-4-9-17(12)21-11-14(20)10-19-16-8-5-7-15(18)13(16)2/h5,7-8,12,14,17,19-20H,3-4,6,9-11H2,1-2H3. The van der Waals surface area contributed by atoms with Crippen molar-refractivity contribution in [1.29, 1.82) is 0 Å². The molecule has 0 bridgehead atoms. The number of benzene rings is 1. The van der Waals surface area contributed by atoms with Crippen LogP contribution in [0.1, 0.15) is 38.2 Å². The minimum absolute atomic E-state index is 0.234. The second kappa shape index (κ2) is 7.76. The van der Waals surface area contributed by atoms with Crippen molar-refractivity contribution in [2.45, 2.75) is 51.7 Å². The van der Waals surface area contributed by atoms with Gasteiger partial charge in [0.05, 0.1) is 18.8 Å². The van der Waals surface area contributed by atoms with Crippen molar-refractivity contribution in [3.63, 3.8) is 0 Å². The molecule has 1 aliphatic carbocycles. The van der Waals surface area contributed by atoms with Crippen molar-refractivity contribution in [3.05, 3.63) is 29.6 Å². The van der Waals surface area contributed by atoms with E-state index in [2.05, 4.69) is 12.2 Å². The molecule has 2 N–H and O–H groups in total. The first-order chi connectivity index (χ1) is 10.1. The molecule has 1 fully saturated rings. The summed E-state index contributed by atoms with van der Waals surface area (Å²) in [5.41, 5.74) is 1.30. The van der Waals surface area contributed by atoms with E-state index in [1.54, 1.807) is 13.0 Å². The van der Waals surface area contributed by atoms with Gasteiger partial charge in [-0.3, -0.25) is 0 Å². The maximum absolute atomic E-state index is 13.4. The van der Waals surface area contributed by atoms with Crippen molar-refractivity contribution in [2.24, 2.45) is 5.92 Å². The summed E-state index contributed by atoms with van der Waals surface area (Å²) in [6, 6.07) is 4.91. The molecule has 0 heterocycles. The summed E-state index contributed by atoms with van der Waals surface area (Å²) in [6.45, 7) is 4.64. The third-order valence-electron chi connectivity index (χ3n) is 4.33. The summed E-state index contributed by atoms with van der Waals surface area (Å²) in [5, 5.41) is 13.1. The van der Waals surface area contributed by atoms with E-state index in [1.807, 2.05) is 6.07 Å². The van der Waals surface area contributed by atoms with Crippen LogP contribution in [0.2, 0.25) is 0 Å². The van der Waals surface area contributed by atoms with Gasteiger partial charge in [0.15, 0.2) is 0 Å². The first kappa shape index (κ1) is 16.2. The molecule has 0 spiro atoms. The molecule has 0 saturated heterocycles. The monoisotopic (exact) mass is 295 g/mol. The molecule has 21 heavy (non-hydrogen) atoms. The quantitative estimate of drug-likeness (QED) is 0.844. The van der Waals surface area contributed by atoms with Crippen LogP contribution >= 0.6 is 0 Å². The lowest BCUT2D eigenvalue weighted by atomic mass is 9.88. The predicted octanol–water partition coefficient (Wildman–Crippen LogP) is 3.50. The summed E-state index contributed by atoms with van der Waals surface area (Å²) in [5.74, 6) is 0.339. The van der Waals surface area contributed by atoms with Crippen LogP contribution in [0, 0.1) is 18.7 Å². The molecular weight excluding hydrogens is 269 g/mol. The van der Waals surface area contributed by atoms with Crippen molar-refractivity contribution in [3.8, 4) is 0 Å². The van der Waals surface area contributed by atoms with E-state index < -0.39 is 6.10 Å². The Morgan fingerprint density at radius 2 is 2.14 bits per heavy atom. The van der Waals surface area contributed by atoms with Gasteiger partial charge in [0.1, 0.15) is 5.82 Å². The Morgan fingerprint density at radius 1 is 1.38 bits per heavy atom. The molecule has 3 atom stereocenters. The fourth-order valence-electron chi connectivity index (χ4n) is 2.85. The lowest BCUT2D eigenvalue weighted by molar-refractivity contribution is -0.0424. The summed E-state index contributed by atoms with van der Waals surface area (Å²) in [6.07, 6.45) is 4.48. The van der Waals surface area contributed by atoms with Gasteiger partial charge in [-0.1, -0.05) is 25.8 Å². The number of aliphatic hydroxyl groups excluding tert-OH is 1. The van der Waals surface area contributed by atoms with Gasteiger partial charge < -0.3 is 15.2 Å². The average molecular weight is 295 g/mol. The fourth-order valence-corrected chi connectivity index (χ4v) is 2.85. The molecule has 118 valence electrons. The van der Waals surface area contributed by atoms with E-state index in [9.17, 15) is 9.50 Å². The number of nitrogens with one attached hydrogen (secondary N) is 1. The molecule has 0 aliphatic heterocycles. The molecule has 0 amide bonds. The van der Waals surface area contributed by atoms with Crippen molar-refractivity contribution >= 4 is 5.69 Å². The molecule has 1 saturated carbocycles. The second-order valence-corrected chi connectivity index (χ2v) is 6.08. The van der Waals surface area contributed by atoms with Gasteiger partial charge in [0, 0.05) is 17.8 Å². The highest BCUT2D eigenvalue weighted by atomic mass is 19.1. The summed E-state index contributed by atoms with van der Waals surface area (Å²) < 4.78 is 19.2. The maximum atomic E-state index is 13.4. The van der Waals surface area contributed by atoms with Crippen molar-refractivity contribution in [2.75, 3.05) is 18.5 Å². The van der Waals surface area contributed by atoms with Crippen LogP contribution in [0.15, 0.2) is 18.2 Å². The highest BCUT2D eigenvalue weighted by Gasteiger charge is 2.22. The number of anilines is 1. The number of ether oxygens (including phenoxy) is 1. The highest BCUT2D eigenvalue weighted by Crippen LogP contribution is 2.26. The summed E-state index contributed by atoms with van der Waals surface area (Å²) in [7, 11) is 0. The summed E-state index contributed by atoms with van der Waals surface area (Å²) >= 11 is 0. The molecular formula is C17H26FNO2. The van der Waals surface area contributed by atoms with Crippen molar-refractivity contribution in [1.82, 2.24) is 0 Å². The molecule has 0 aromatic heterocycles. The SMILES string of the molecule is Cc1c(F)cccc1NCC(O)COC1CCCCC1C. The van der Waals surface area contributed by atoms with Crippen LogP contribution < -0.4 is 5.32 Å². The Morgan fingerprint density at radius 3 is 2.90 bits per heavy atom. The Labute approximate surface area is 126 Å². The van der Waals surface area contributed by atoms with Crippen molar-refractivity contribution < 1.29 is 14.2 Å². The predicted molar refractivity (Wildman–Crippen MR) is 83.0 cm³/mol. The highest BCUT2D eigenvalue weighted by molar-refractivity contribution is 5.50. The van der Waals surface area contributed by atoms with Crippen LogP contribution in [0.4, 0.5) is 10.1 Å². The minimum Gasteiger partial charge on any atom is -0.389 e. The third kappa shape index (κ3) is 4.68. The smallest absolute Gasteiger partial charge is 0.128 e. The van der Waals surface area contributed by atoms with Gasteiger partial charge in [-0.2, -0.15) is 0 Å². The number of hydrogen-bond donors (Lipinski definition) is 2. The largest absolute Gasteiger partial charge is 0.389 e. The van der Waals surface area contributed by atoms with E-state index in [0.29, 0.717) is 24.6 Å².